The van der Waals surface area contributed by atoms with E-state index in [-0.39, 0.29) is 11.8 Å². The minimum atomic E-state index is -0.0710. The van der Waals surface area contributed by atoms with Crippen LogP contribution in [0.25, 0.3) is 49.4 Å². The molecule has 0 fully saturated rings. The molecule has 9 rings (SSSR count). The molecular formula is C48H34N4O. The van der Waals surface area contributed by atoms with Crippen LogP contribution in [0.5, 0.6) is 0 Å². The Morgan fingerprint density at radius 1 is 0.415 bits per heavy atom. The summed E-state index contributed by atoms with van der Waals surface area (Å²) in [4.78, 5) is 2.20. The van der Waals surface area contributed by atoms with Gasteiger partial charge in [-0.3, -0.25) is 10.8 Å². The smallest absolute Gasteiger partial charge is 0.221 e. The second kappa shape index (κ2) is 13.5. The molecule has 1 heterocycles. The highest BCUT2D eigenvalue weighted by molar-refractivity contribution is 6.11. The number of hydrogen-bond donors (Lipinski definition) is 2. The summed E-state index contributed by atoms with van der Waals surface area (Å²) in [5, 5.41) is 21.7. The lowest BCUT2D eigenvalue weighted by Gasteiger charge is -2.26. The summed E-state index contributed by atoms with van der Waals surface area (Å²) in [5.74, 6) is -0.126. The summed E-state index contributed by atoms with van der Waals surface area (Å²) in [6.45, 7) is 0. The molecule has 0 amide bonds. The van der Waals surface area contributed by atoms with Gasteiger partial charge >= 0.3 is 0 Å². The first-order valence-electron chi connectivity index (χ1n) is 17.6. The van der Waals surface area contributed by atoms with Crippen molar-refractivity contribution in [3.8, 4) is 16.8 Å². The van der Waals surface area contributed by atoms with Gasteiger partial charge in [-0.05, 0) is 113 Å². The van der Waals surface area contributed by atoms with E-state index < -0.39 is 0 Å². The lowest BCUT2D eigenvalue weighted by atomic mass is 10.0. The topological polar surface area (TPSA) is 65.1 Å². The quantitative estimate of drug-likeness (QED) is 0.130. The molecule has 0 saturated carbocycles. The fourth-order valence-electron chi connectivity index (χ4n) is 7.14. The summed E-state index contributed by atoms with van der Waals surface area (Å²) in [5.41, 5.74) is 10.00. The van der Waals surface area contributed by atoms with Gasteiger partial charge in [-0.1, -0.05) is 103 Å². The third-order valence-corrected chi connectivity index (χ3v) is 9.76. The summed E-state index contributed by atoms with van der Waals surface area (Å²) in [7, 11) is 0. The molecule has 252 valence electrons. The number of aromatic nitrogens is 1. The number of ether oxygens (including phenoxy) is 1. The highest BCUT2D eigenvalue weighted by Crippen LogP contribution is 2.38. The normalized spacial score (nSPS) is 11.2. The molecule has 0 aliphatic carbocycles. The third-order valence-electron chi connectivity index (χ3n) is 9.76. The zero-order chi connectivity index (χ0) is 35.7. The van der Waals surface area contributed by atoms with Crippen LogP contribution in [0.3, 0.4) is 0 Å². The molecule has 0 radical (unpaired) electrons. The SMILES string of the molecule is N=C(OC(=N)c1ccc(N(c2ccccc2)c2ccc(-c3ccc4c(c3)c3ccccc3n4-c3ccc4ccccc4c3)cc2)cc1)c1ccccc1. The minimum absolute atomic E-state index is 0.0551. The number of rotatable bonds is 7. The molecule has 0 saturated heterocycles. The van der Waals surface area contributed by atoms with Crippen molar-refractivity contribution in [2.45, 2.75) is 0 Å². The van der Waals surface area contributed by atoms with Gasteiger partial charge in [0.05, 0.1) is 11.0 Å². The zero-order valence-electron chi connectivity index (χ0n) is 28.8. The van der Waals surface area contributed by atoms with Crippen molar-refractivity contribution in [2.75, 3.05) is 4.90 Å². The van der Waals surface area contributed by atoms with Crippen molar-refractivity contribution in [2.24, 2.45) is 0 Å². The van der Waals surface area contributed by atoms with E-state index in [1.807, 2.05) is 60.7 Å². The number of fused-ring (bicyclic) bond motifs is 4. The monoisotopic (exact) mass is 682 g/mol. The van der Waals surface area contributed by atoms with Gasteiger partial charge in [0.15, 0.2) is 0 Å². The molecule has 0 aliphatic heterocycles. The Kier molecular flexibility index (Phi) is 8.06. The van der Waals surface area contributed by atoms with Crippen molar-refractivity contribution in [1.82, 2.24) is 4.57 Å². The van der Waals surface area contributed by atoms with Gasteiger partial charge in [0.1, 0.15) is 0 Å². The Morgan fingerprint density at radius 2 is 0.962 bits per heavy atom. The van der Waals surface area contributed by atoms with Crippen LogP contribution in [0, 0.1) is 10.8 Å². The van der Waals surface area contributed by atoms with Crippen molar-refractivity contribution >= 4 is 61.4 Å². The van der Waals surface area contributed by atoms with E-state index >= 15 is 0 Å². The van der Waals surface area contributed by atoms with Crippen LogP contribution >= 0.6 is 0 Å². The predicted octanol–water partition coefficient (Wildman–Crippen LogP) is 12.4. The van der Waals surface area contributed by atoms with Crippen molar-refractivity contribution in [3.63, 3.8) is 0 Å². The molecule has 9 aromatic rings. The van der Waals surface area contributed by atoms with Crippen molar-refractivity contribution in [3.05, 3.63) is 205 Å². The first kappa shape index (κ1) is 31.7. The number of nitrogens with zero attached hydrogens (tertiary/aromatic N) is 2. The maximum absolute atomic E-state index is 8.51. The van der Waals surface area contributed by atoms with Crippen LogP contribution in [0.2, 0.25) is 0 Å². The Morgan fingerprint density at radius 3 is 1.70 bits per heavy atom. The second-order valence-corrected chi connectivity index (χ2v) is 13.0. The molecule has 0 aliphatic rings. The number of benzene rings is 8. The predicted molar refractivity (Wildman–Crippen MR) is 220 cm³/mol. The van der Waals surface area contributed by atoms with Crippen LogP contribution in [-0.4, -0.2) is 16.4 Å². The van der Waals surface area contributed by atoms with Crippen LogP contribution in [0.15, 0.2) is 194 Å². The number of nitrogens with one attached hydrogen (secondary N) is 2. The molecule has 53 heavy (non-hydrogen) atoms. The molecule has 5 heteroatoms. The maximum atomic E-state index is 8.51. The summed E-state index contributed by atoms with van der Waals surface area (Å²) < 4.78 is 7.96. The molecule has 8 aromatic carbocycles. The zero-order valence-corrected chi connectivity index (χ0v) is 28.8. The highest BCUT2D eigenvalue weighted by Gasteiger charge is 2.16. The van der Waals surface area contributed by atoms with E-state index in [2.05, 4.69) is 131 Å². The molecule has 0 spiro atoms. The van der Waals surface area contributed by atoms with Crippen LogP contribution in [0.1, 0.15) is 11.1 Å². The van der Waals surface area contributed by atoms with Crippen molar-refractivity contribution < 1.29 is 4.74 Å². The van der Waals surface area contributed by atoms with E-state index in [0.717, 1.165) is 33.9 Å². The minimum Gasteiger partial charge on any atom is -0.421 e. The lowest BCUT2D eigenvalue weighted by Crippen LogP contribution is -2.13. The van der Waals surface area contributed by atoms with Gasteiger partial charge in [-0.15, -0.1) is 0 Å². The average molecular weight is 683 g/mol. The Balaban J connectivity index is 1.04. The molecule has 5 nitrogen and oxygen atoms in total. The molecule has 1 aromatic heterocycles. The molecule has 2 N–H and O–H groups in total. The molecule has 0 atom stereocenters. The summed E-state index contributed by atoms with van der Waals surface area (Å²) >= 11 is 0. The van der Waals surface area contributed by atoms with E-state index in [4.69, 9.17) is 15.6 Å². The van der Waals surface area contributed by atoms with E-state index in [9.17, 15) is 0 Å². The Hall–Kier alpha value is -7.24. The van der Waals surface area contributed by atoms with Gasteiger partial charge < -0.3 is 14.2 Å². The number of anilines is 3. The highest BCUT2D eigenvalue weighted by atomic mass is 16.5. The largest absolute Gasteiger partial charge is 0.421 e. The first-order chi connectivity index (χ1) is 26.1. The van der Waals surface area contributed by atoms with Crippen LogP contribution < -0.4 is 4.90 Å². The molecular weight excluding hydrogens is 649 g/mol. The summed E-state index contributed by atoms with van der Waals surface area (Å²) in [6.07, 6.45) is 0. The van der Waals surface area contributed by atoms with E-state index in [1.165, 1.54) is 32.6 Å². The van der Waals surface area contributed by atoms with Gasteiger partial charge in [0, 0.05) is 44.6 Å². The lowest BCUT2D eigenvalue weighted by molar-refractivity contribution is 0.538. The van der Waals surface area contributed by atoms with Gasteiger partial charge in [-0.25, -0.2) is 0 Å². The Bertz CT molecular complexity index is 2770. The maximum Gasteiger partial charge on any atom is 0.221 e. The second-order valence-electron chi connectivity index (χ2n) is 13.0. The van der Waals surface area contributed by atoms with Gasteiger partial charge in [-0.2, -0.15) is 0 Å². The average Bonchev–Trinajstić information content (AvgIpc) is 3.55. The fraction of sp³-hybridized carbons (Fsp3) is 0. The number of hydrogen-bond acceptors (Lipinski definition) is 4. The number of para-hydroxylation sites is 2. The first-order valence-corrected chi connectivity index (χ1v) is 17.6. The molecule has 0 bridgehead atoms. The van der Waals surface area contributed by atoms with Crippen LogP contribution in [0.4, 0.5) is 17.1 Å². The third kappa shape index (κ3) is 6.00. The van der Waals surface area contributed by atoms with E-state index in [0.29, 0.717) is 11.1 Å². The van der Waals surface area contributed by atoms with Crippen molar-refractivity contribution in [1.29, 1.82) is 10.8 Å². The molecule has 0 unspecified atom stereocenters. The van der Waals surface area contributed by atoms with E-state index in [1.54, 1.807) is 12.1 Å². The van der Waals surface area contributed by atoms with Crippen LogP contribution in [-0.2, 0) is 4.74 Å². The summed E-state index contributed by atoms with van der Waals surface area (Å²) in [6, 6.07) is 66.4. The standard InChI is InChI=1S/C48H34N4O/c49-47(35-12-3-1-4-13-35)53-48(50)36-22-27-41(28-23-36)51(39-15-5-2-6-16-39)40-25-19-34(20-26-40)38-24-30-46-44(32-38)43-17-9-10-18-45(43)52(46)42-29-21-33-11-7-8-14-37(33)31-42/h1-32,49-50H. The van der Waals surface area contributed by atoms with Gasteiger partial charge in [0.25, 0.3) is 0 Å². The fourth-order valence-corrected chi connectivity index (χ4v) is 7.14. The Labute approximate surface area is 307 Å². The van der Waals surface area contributed by atoms with Gasteiger partial charge in [0.2, 0.25) is 11.8 Å².